The second-order valence-corrected chi connectivity index (χ2v) is 7.43. The summed E-state index contributed by atoms with van der Waals surface area (Å²) >= 11 is 6.18. The standard InChI is InChI=1S/C21H20ClF2N3O2/c1-13(28)21(29)26-8-7-17(12-26)27(11-15-3-2-4-19(23)20(15)24)16-6-5-14(10-25)18(22)9-16/h2-6,9,13,17,28H,7-8,11-12H2,1H3/t13?,17-/m0/s1. The summed E-state index contributed by atoms with van der Waals surface area (Å²) in [4.78, 5) is 15.5. The van der Waals surface area contributed by atoms with Crippen LogP contribution in [0.25, 0.3) is 0 Å². The summed E-state index contributed by atoms with van der Waals surface area (Å²) in [6.45, 7) is 2.25. The molecule has 1 amide bonds. The van der Waals surface area contributed by atoms with Crippen LogP contribution in [0.4, 0.5) is 14.5 Å². The third kappa shape index (κ3) is 4.50. The Morgan fingerprint density at radius 2 is 2.17 bits per heavy atom. The van der Waals surface area contributed by atoms with Gasteiger partial charge in [-0.15, -0.1) is 0 Å². The zero-order chi connectivity index (χ0) is 21.1. The van der Waals surface area contributed by atoms with Crippen molar-refractivity contribution in [2.75, 3.05) is 18.0 Å². The van der Waals surface area contributed by atoms with Gasteiger partial charge in [0.05, 0.1) is 10.6 Å². The van der Waals surface area contributed by atoms with Crippen LogP contribution in [0.5, 0.6) is 0 Å². The molecule has 1 saturated heterocycles. The van der Waals surface area contributed by atoms with Crippen LogP contribution < -0.4 is 4.90 Å². The molecule has 2 atom stereocenters. The van der Waals surface area contributed by atoms with Gasteiger partial charge in [-0.25, -0.2) is 8.78 Å². The molecule has 0 spiro atoms. The first-order valence-electron chi connectivity index (χ1n) is 9.18. The van der Waals surface area contributed by atoms with E-state index < -0.39 is 17.7 Å². The van der Waals surface area contributed by atoms with E-state index in [1.54, 1.807) is 23.1 Å². The molecule has 0 aromatic heterocycles. The van der Waals surface area contributed by atoms with E-state index in [0.29, 0.717) is 30.8 Å². The van der Waals surface area contributed by atoms with Gasteiger partial charge >= 0.3 is 0 Å². The number of nitrogens with zero attached hydrogens (tertiary/aromatic N) is 3. The molecule has 1 aliphatic heterocycles. The lowest BCUT2D eigenvalue weighted by molar-refractivity contribution is -0.138. The van der Waals surface area contributed by atoms with E-state index >= 15 is 0 Å². The van der Waals surface area contributed by atoms with E-state index in [4.69, 9.17) is 16.9 Å². The summed E-state index contributed by atoms with van der Waals surface area (Å²) in [5.41, 5.74) is 1.12. The minimum atomic E-state index is -1.10. The van der Waals surface area contributed by atoms with Gasteiger partial charge in [0.15, 0.2) is 11.6 Å². The molecule has 1 unspecified atom stereocenters. The quantitative estimate of drug-likeness (QED) is 0.805. The monoisotopic (exact) mass is 419 g/mol. The fourth-order valence-electron chi connectivity index (χ4n) is 3.52. The van der Waals surface area contributed by atoms with Crippen LogP contribution in [-0.2, 0) is 11.3 Å². The number of hydrogen-bond donors (Lipinski definition) is 1. The third-order valence-corrected chi connectivity index (χ3v) is 5.36. The van der Waals surface area contributed by atoms with Gasteiger partial charge in [-0.05, 0) is 37.6 Å². The van der Waals surface area contributed by atoms with Crippen molar-refractivity contribution in [3.05, 3.63) is 64.2 Å². The largest absolute Gasteiger partial charge is 0.384 e. The van der Waals surface area contributed by atoms with Crippen molar-refractivity contribution < 1.29 is 18.7 Å². The predicted octanol–water partition coefficient (Wildman–Crippen LogP) is 3.48. The summed E-state index contributed by atoms with van der Waals surface area (Å²) in [6, 6.07) is 10.7. The lowest BCUT2D eigenvalue weighted by atomic mass is 10.1. The molecule has 2 aromatic rings. The van der Waals surface area contributed by atoms with Crippen molar-refractivity contribution in [1.82, 2.24) is 4.90 Å². The second-order valence-electron chi connectivity index (χ2n) is 7.02. The third-order valence-electron chi connectivity index (χ3n) is 5.05. The molecule has 1 heterocycles. The molecule has 0 aliphatic carbocycles. The van der Waals surface area contributed by atoms with Crippen LogP contribution in [-0.4, -0.2) is 41.1 Å². The van der Waals surface area contributed by atoms with Crippen molar-refractivity contribution in [1.29, 1.82) is 5.26 Å². The first-order chi connectivity index (χ1) is 13.8. The Morgan fingerprint density at radius 1 is 1.41 bits per heavy atom. The highest BCUT2D eigenvalue weighted by atomic mass is 35.5. The Labute approximate surface area is 172 Å². The molecular formula is C21H20ClF2N3O2. The van der Waals surface area contributed by atoms with Crippen molar-refractivity contribution in [3.63, 3.8) is 0 Å². The van der Waals surface area contributed by atoms with Gasteiger partial charge in [0, 0.05) is 36.9 Å². The second kappa shape index (κ2) is 8.76. The van der Waals surface area contributed by atoms with Crippen LogP contribution in [0, 0.1) is 23.0 Å². The van der Waals surface area contributed by atoms with Crippen LogP contribution in [0.15, 0.2) is 36.4 Å². The van der Waals surface area contributed by atoms with E-state index in [0.717, 1.165) is 6.07 Å². The summed E-state index contributed by atoms with van der Waals surface area (Å²) in [5.74, 6) is -2.23. The molecule has 5 nitrogen and oxygen atoms in total. The van der Waals surface area contributed by atoms with E-state index in [9.17, 15) is 18.7 Å². The number of carbonyl (C=O) groups excluding carboxylic acids is 1. The smallest absolute Gasteiger partial charge is 0.251 e. The molecule has 0 bridgehead atoms. The summed E-state index contributed by atoms with van der Waals surface area (Å²) in [5, 5.41) is 18.9. The molecule has 8 heteroatoms. The number of carbonyl (C=O) groups is 1. The Kier molecular flexibility index (Phi) is 6.36. The average Bonchev–Trinajstić information content (AvgIpc) is 3.18. The van der Waals surface area contributed by atoms with Crippen molar-refractivity contribution in [2.24, 2.45) is 0 Å². The van der Waals surface area contributed by atoms with Crippen molar-refractivity contribution in [2.45, 2.75) is 32.0 Å². The molecule has 1 N–H and O–H groups in total. The molecule has 0 saturated carbocycles. The van der Waals surface area contributed by atoms with E-state index in [2.05, 4.69) is 0 Å². The number of anilines is 1. The molecule has 152 valence electrons. The number of hydrogen-bond acceptors (Lipinski definition) is 4. The number of nitriles is 1. The van der Waals surface area contributed by atoms with Gasteiger partial charge in [-0.2, -0.15) is 5.26 Å². The number of benzene rings is 2. The predicted molar refractivity (Wildman–Crippen MR) is 105 cm³/mol. The van der Waals surface area contributed by atoms with Gasteiger partial charge in [0.1, 0.15) is 12.2 Å². The van der Waals surface area contributed by atoms with Gasteiger partial charge in [0.2, 0.25) is 0 Å². The molecule has 0 radical (unpaired) electrons. The highest BCUT2D eigenvalue weighted by molar-refractivity contribution is 6.32. The number of aliphatic hydroxyl groups is 1. The SMILES string of the molecule is CC(O)C(=O)N1CC[C@H](N(Cc2cccc(F)c2F)c2ccc(C#N)c(Cl)c2)C1. The molecule has 29 heavy (non-hydrogen) atoms. The van der Waals surface area contributed by atoms with E-state index in [-0.39, 0.29) is 29.1 Å². The van der Waals surface area contributed by atoms with Crippen LogP contribution in [0.1, 0.15) is 24.5 Å². The van der Waals surface area contributed by atoms with Crippen LogP contribution in [0.2, 0.25) is 5.02 Å². The maximum atomic E-state index is 14.3. The molecular weight excluding hydrogens is 400 g/mol. The lowest BCUT2D eigenvalue weighted by Gasteiger charge is -2.32. The maximum Gasteiger partial charge on any atom is 0.251 e. The zero-order valence-electron chi connectivity index (χ0n) is 15.8. The van der Waals surface area contributed by atoms with E-state index in [1.165, 1.54) is 19.1 Å². The minimum absolute atomic E-state index is 0.0627. The van der Waals surface area contributed by atoms with Gasteiger partial charge < -0.3 is 14.9 Å². The van der Waals surface area contributed by atoms with Crippen LogP contribution >= 0.6 is 11.6 Å². The normalized spacial score (nSPS) is 17.1. The lowest BCUT2D eigenvalue weighted by Crippen LogP contribution is -2.41. The Hall–Kier alpha value is -2.69. The fraction of sp³-hybridized carbons (Fsp3) is 0.333. The van der Waals surface area contributed by atoms with E-state index in [1.807, 2.05) is 11.0 Å². The number of rotatable bonds is 5. The number of aliphatic hydroxyl groups excluding tert-OH is 1. The molecule has 2 aromatic carbocycles. The number of halogens is 3. The topological polar surface area (TPSA) is 67.6 Å². The Morgan fingerprint density at radius 3 is 2.83 bits per heavy atom. The fourth-order valence-corrected chi connectivity index (χ4v) is 3.74. The highest BCUT2D eigenvalue weighted by Crippen LogP contribution is 2.30. The first kappa shape index (κ1) is 21.0. The van der Waals surface area contributed by atoms with Crippen molar-refractivity contribution >= 4 is 23.2 Å². The maximum absolute atomic E-state index is 14.3. The summed E-state index contributed by atoms with van der Waals surface area (Å²) < 4.78 is 28.0. The minimum Gasteiger partial charge on any atom is -0.384 e. The van der Waals surface area contributed by atoms with Gasteiger partial charge in [-0.1, -0.05) is 23.7 Å². The summed E-state index contributed by atoms with van der Waals surface area (Å²) in [6.07, 6.45) is -0.514. The first-order valence-corrected chi connectivity index (χ1v) is 9.55. The highest BCUT2D eigenvalue weighted by Gasteiger charge is 2.32. The van der Waals surface area contributed by atoms with Gasteiger partial charge in [-0.3, -0.25) is 4.79 Å². The van der Waals surface area contributed by atoms with Crippen molar-refractivity contribution in [3.8, 4) is 6.07 Å². The average molecular weight is 420 g/mol. The Bertz CT molecular complexity index is 961. The molecule has 3 rings (SSSR count). The summed E-state index contributed by atoms with van der Waals surface area (Å²) in [7, 11) is 0. The van der Waals surface area contributed by atoms with Crippen LogP contribution in [0.3, 0.4) is 0 Å². The number of likely N-dealkylation sites (tertiary alicyclic amines) is 1. The Balaban J connectivity index is 1.94. The molecule has 1 fully saturated rings. The zero-order valence-corrected chi connectivity index (χ0v) is 16.5. The molecule has 1 aliphatic rings. The van der Waals surface area contributed by atoms with Gasteiger partial charge in [0.25, 0.3) is 5.91 Å². The number of amides is 1.